The van der Waals surface area contributed by atoms with Crippen LogP contribution in [0, 0.1) is 5.92 Å². The van der Waals surface area contributed by atoms with E-state index in [0.717, 1.165) is 23.1 Å². The zero-order valence-electron chi connectivity index (χ0n) is 14.8. The van der Waals surface area contributed by atoms with Gasteiger partial charge in [-0.2, -0.15) is 0 Å². The third-order valence-electron chi connectivity index (χ3n) is 6.14. The lowest BCUT2D eigenvalue weighted by atomic mass is 9.59. The summed E-state index contributed by atoms with van der Waals surface area (Å²) < 4.78 is 16.7. The highest BCUT2D eigenvalue weighted by molar-refractivity contribution is 5.88. The Balaban J connectivity index is 1.84. The van der Waals surface area contributed by atoms with Gasteiger partial charge in [0.25, 0.3) is 0 Å². The number of fused-ring (bicyclic) bond motifs is 4. The molecule has 134 valence electrons. The molecule has 3 heterocycles. The van der Waals surface area contributed by atoms with Crippen LogP contribution in [0.25, 0.3) is 10.9 Å². The van der Waals surface area contributed by atoms with Crippen LogP contribution in [-0.4, -0.2) is 50.7 Å². The van der Waals surface area contributed by atoms with E-state index in [2.05, 4.69) is 16.4 Å². The SMILES string of the molecule is COC(=O)[C@]1(c2cc3ccccc3[nH]2)C[C@H]2CN[C@@H]1CC2(OC)OC. The Kier molecular flexibility index (Phi) is 3.86. The van der Waals surface area contributed by atoms with Gasteiger partial charge < -0.3 is 24.5 Å². The average molecular weight is 344 g/mol. The number of rotatable bonds is 4. The molecule has 2 N–H and O–H groups in total. The Labute approximate surface area is 146 Å². The molecule has 3 atom stereocenters. The van der Waals surface area contributed by atoms with E-state index in [0.29, 0.717) is 12.8 Å². The zero-order chi connectivity index (χ0) is 17.7. The van der Waals surface area contributed by atoms with Crippen LogP contribution in [0.3, 0.4) is 0 Å². The highest BCUT2D eigenvalue weighted by atomic mass is 16.7. The van der Waals surface area contributed by atoms with Crippen LogP contribution in [0.2, 0.25) is 0 Å². The molecule has 6 heteroatoms. The number of piperidine rings is 2. The largest absolute Gasteiger partial charge is 0.468 e. The number of carbonyl (C=O) groups is 1. The van der Waals surface area contributed by atoms with Crippen LogP contribution in [0.1, 0.15) is 18.5 Å². The van der Waals surface area contributed by atoms with E-state index in [1.54, 1.807) is 14.2 Å². The predicted octanol–water partition coefficient (Wildman–Crippen LogP) is 1.95. The van der Waals surface area contributed by atoms with Gasteiger partial charge in [-0.05, 0) is 23.9 Å². The van der Waals surface area contributed by atoms with Crippen LogP contribution < -0.4 is 5.32 Å². The highest BCUT2D eigenvalue weighted by Gasteiger charge is 2.63. The number of para-hydroxylation sites is 1. The first-order chi connectivity index (χ1) is 12.1. The number of aromatic nitrogens is 1. The molecule has 2 saturated heterocycles. The maximum absolute atomic E-state index is 13.0. The lowest BCUT2D eigenvalue weighted by Gasteiger charge is -2.57. The van der Waals surface area contributed by atoms with Crippen molar-refractivity contribution in [2.45, 2.75) is 30.1 Å². The summed E-state index contributed by atoms with van der Waals surface area (Å²) in [5.74, 6) is -0.820. The molecule has 1 saturated carbocycles. The second-order valence-electron chi connectivity index (χ2n) is 7.02. The predicted molar refractivity (Wildman–Crippen MR) is 93.3 cm³/mol. The number of benzene rings is 1. The normalized spacial score (nSPS) is 30.5. The molecule has 1 aliphatic carbocycles. The van der Waals surface area contributed by atoms with Gasteiger partial charge in [-0.25, -0.2) is 0 Å². The minimum atomic E-state index is -0.767. The Morgan fingerprint density at radius 1 is 1.16 bits per heavy atom. The fourth-order valence-corrected chi connectivity index (χ4v) is 4.78. The van der Waals surface area contributed by atoms with Crippen molar-refractivity contribution in [3.05, 3.63) is 36.0 Å². The van der Waals surface area contributed by atoms with Crippen LogP contribution in [0.4, 0.5) is 0 Å². The van der Waals surface area contributed by atoms with Crippen molar-refractivity contribution in [3.63, 3.8) is 0 Å². The van der Waals surface area contributed by atoms with Crippen LogP contribution in [0.15, 0.2) is 30.3 Å². The Bertz CT molecular complexity index is 765. The summed E-state index contributed by atoms with van der Waals surface area (Å²) in [5, 5.41) is 4.60. The molecule has 0 amide bonds. The molecule has 0 radical (unpaired) electrons. The molecular weight excluding hydrogens is 320 g/mol. The summed E-state index contributed by atoms with van der Waals surface area (Å²) in [7, 11) is 4.80. The third kappa shape index (κ3) is 2.18. The summed E-state index contributed by atoms with van der Waals surface area (Å²) in [6.07, 6.45) is 1.21. The smallest absolute Gasteiger partial charge is 0.319 e. The number of methoxy groups -OCH3 is 3. The lowest BCUT2D eigenvalue weighted by molar-refractivity contribution is -0.278. The second kappa shape index (κ2) is 5.83. The molecule has 0 unspecified atom stereocenters. The number of carbonyl (C=O) groups excluding carboxylic acids is 1. The molecule has 2 bridgehead atoms. The number of esters is 1. The summed E-state index contributed by atoms with van der Waals surface area (Å²) in [6.45, 7) is 0.755. The molecule has 25 heavy (non-hydrogen) atoms. The van der Waals surface area contributed by atoms with Crippen molar-refractivity contribution in [2.24, 2.45) is 5.92 Å². The van der Waals surface area contributed by atoms with Gasteiger partial charge in [-0.15, -0.1) is 0 Å². The number of H-pyrrole nitrogens is 1. The van der Waals surface area contributed by atoms with Gasteiger partial charge in [-0.3, -0.25) is 4.79 Å². The summed E-state index contributed by atoms with van der Waals surface area (Å²) in [4.78, 5) is 16.4. The minimum Gasteiger partial charge on any atom is -0.468 e. The molecule has 5 rings (SSSR count). The Morgan fingerprint density at radius 3 is 2.52 bits per heavy atom. The van der Waals surface area contributed by atoms with E-state index in [-0.39, 0.29) is 17.9 Å². The Morgan fingerprint density at radius 2 is 1.92 bits per heavy atom. The molecule has 1 aromatic carbocycles. The van der Waals surface area contributed by atoms with E-state index in [9.17, 15) is 4.79 Å². The van der Waals surface area contributed by atoms with E-state index in [4.69, 9.17) is 14.2 Å². The van der Waals surface area contributed by atoms with Gasteiger partial charge in [0.05, 0.1) is 7.11 Å². The first kappa shape index (κ1) is 16.6. The zero-order valence-corrected chi connectivity index (χ0v) is 14.8. The number of aromatic amines is 1. The molecule has 2 aliphatic heterocycles. The van der Waals surface area contributed by atoms with Crippen LogP contribution >= 0.6 is 0 Å². The Hall–Kier alpha value is -1.89. The molecular formula is C19H24N2O4. The number of hydrogen-bond acceptors (Lipinski definition) is 5. The number of hydrogen-bond donors (Lipinski definition) is 2. The topological polar surface area (TPSA) is 72.6 Å². The summed E-state index contributed by atoms with van der Waals surface area (Å²) >= 11 is 0. The fourth-order valence-electron chi connectivity index (χ4n) is 4.78. The van der Waals surface area contributed by atoms with Gasteiger partial charge in [0.2, 0.25) is 0 Å². The minimum absolute atomic E-state index is 0.0537. The third-order valence-corrected chi connectivity index (χ3v) is 6.14. The molecule has 3 aliphatic rings. The second-order valence-corrected chi connectivity index (χ2v) is 7.02. The van der Waals surface area contributed by atoms with Gasteiger partial charge in [0.15, 0.2) is 5.79 Å². The monoisotopic (exact) mass is 344 g/mol. The average Bonchev–Trinajstić information content (AvgIpc) is 3.11. The van der Waals surface area contributed by atoms with Gasteiger partial charge in [0, 0.05) is 50.4 Å². The summed E-state index contributed by atoms with van der Waals surface area (Å²) in [6, 6.07) is 9.99. The molecule has 3 fully saturated rings. The van der Waals surface area contributed by atoms with Crippen molar-refractivity contribution in [3.8, 4) is 0 Å². The van der Waals surface area contributed by atoms with Gasteiger partial charge >= 0.3 is 5.97 Å². The molecule has 6 nitrogen and oxygen atoms in total. The van der Waals surface area contributed by atoms with Crippen molar-refractivity contribution < 1.29 is 19.0 Å². The summed E-state index contributed by atoms with van der Waals surface area (Å²) in [5.41, 5.74) is 1.15. The quantitative estimate of drug-likeness (QED) is 0.655. The van der Waals surface area contributed by atoms with Crippen molar-refractivity contribution >= 4 is 16.9 Å². The first-order valence-corrected chi connectivity index (χ1v) is 8.60. The fraction of sp³-hybridized carbons (Fsp3) is 0.526. The van der Waals surface area contributed by atoms with Gasteiger partial charge in [-0.1, -0.05) is 18.2 Å². The van der Waals surface area contributed by atoms with E-state index in [1.165, 1.54) is 7.11 Å². The maximum Gasteiger partial charge on any atom is 0.319 e. The van der Waals surface area contributed by atoms with E-state index >= 15 is 0 Å². The number of nitrogens with one attached hydrogen (secondary N) is 2. The van der Waals surface area contributed by atoms with Gasteiger partial charge in [0.1, 0.15) is 5.41 Å². The van der Waals surface area contributed by atoms with E-state index < -0.39 is 11.2 Å². The van der Waals surface area contributed by atoms with Crippen LogP contribution in [-0.2, 0) is 24.4 Å². The van der Waals surface area contributed by atoms with E-state index in [1.807, 2.05) is 24.3 Å². The lowest BCUT2D eigenvalue weighted by Crippen LogP contribution is -2.71. The van der Waals surface area contributed by atoms with Crippen molar-refractivity contribution in [1.82, 2.24) is 10.3 Å². The highest BCUT2D eigenvalue weighted by Crippen LogP contribution is 2.51. The molecule has 2 aromatic rings. The van der Waals surface area contributed by atoms with Crippen molar-refractivity contribution in [1.29, 1.82) is 0 Å². The van der Waals surface area contributed by atoms with Crippen LogP contribution in [0.5, 0.6) is 0 Å². The first-order valence-electron chi connectivity index (χ1n) is 8.60. The number of ether oxygens (including phenoxy) is 3. The molecule has 0 spiro atoms. The van der Waals surface area contributed by atoms with Crippen molar-refractivity contribution in [2.75, 3.05) is 27.9 Å². The standard InChI is InChI=1S/C19H24N2O4/c1-23-17(22)18(15-8-12-6-4-5-7-14(12)21-15)9-13-11-20-16(18)10-19(13,24-2)25-3/h4-8,13,16,20-21H,9-11H2,1-3H3/t13-,16+,18-/m0/s1. The molecule has 1 aromatic heterocycles. The maximum atomic E-state index is 13.0.